The largest absolute Gasteiger partial charge is 0.478 e. The molecule has 0 bridgehead atoms. The van der Waals surface area contributed by atoms with Gasteiger partial charge in [-0.1, -0.05) is 44.5 Å². The normalized spacial score (nSPS) is 11.5. The molecule has 0 spiro atoms. The highest BCUT2D eigenvalue weighted by Gasteiger charge is 2.04. The third-order valence-corrected chi connectivity index (χ3v) is 2.83. The van der Waals surface area contributed by atoms with E-state index < -0.39 is 5.97 Å². The Balaban J connectivity index is 2.91. The van der Waals surface area contributed by atoms with E-state index in [1.807, 2.05) is 12.1 Å². The van der Waals surface area contributed by atoms with E-state index in [9.17, 15) is 4.79 Å². The minimum absolute atomic E-state index is 0.828. The average Bonchev–Trinajstić information content (AvgIpc) is 2.34. The van der Waals surface area contributed by atoms with Gasteiger partial charge in [-0.05, 0) is 36.0 Å². The summed E-state index contributed by atoms with van der Waals surface area (Å²) in [5, 5.41) is 8.87. The number of hydrogen-bond acceptors (Lipinski definition) is 1. The van der Waals surface area contributed by atoms with Gasteiger partial charge in [-0.3, -0.25) is 0 Å². The lowest BCUT2D eigenvalue weighted by Gasteiger charge is -2.07. The number of aryl methyl sites for hydroxylation is 1. The zero-order chi connectivity index (χ0) is 12.7. The molecule has 92 valence electrons. The van der Waals surface area contributed by atoms with Crippen LogP contribution in [0, 0.1) is 0 Å². The van der Waals surface area contributed by atoms with Gasteiger partial charge in [0.2, 0.25) is 0 Å². The number of carbonyl (C=O) groups is 1. The van der Waals surface area contributed by atoms with Gasteiger partial charge in [0.1, 0.15) is 0 Å². The quantitative estimate of drug-likeness (QED) is 0.755. The molecule has 1 rings (SSSR count). The molecule has 0 fully saturated rings. The maximum absolute atomic E-state index is 10.8. The molecule has 0 aliphatic rings. The predicted molar refractivity (Wildman–Crippen MR) is 71.0 cm³/mol. The Morgan fingerprint density at radius 2 is 1.88 bits per heavy atom. The van der Waals surface area contributed by atoms with Crippen LogP contribution in [0.4, 0.5) is 0 Å². The van der Waals surface area contributed by atoms with Crippen molar-refractivity contribution < 1.29 is 9.90 Å². The van der Waals surface area contributed by atoms with Gasteiger partial charge in [-0.2, -0.15) is 0 Å². The van der Waals surface area contributed by atoms with E-state index in [2.05, 4.69) is 26.0 Å². The summed E-state index contributed by atoms with van der Waals surface area (Å²) < 4.78 is 0. The standard InChI is InChI=1S/C15H20O2/c1-3-5-6-14(11-15(16)17)13-9-7-12(4-2)8-10-13/h7-11H,3-6H2,1-2H3,(H,16,17)/b14-11+. The van der Waals surface area contributed by atoms with E-state index in [4.69, 9.17) is 5.11 Å². The van der Waals surface area contributed by atoms with Gasteiger partial charge < -0.3 is 5.11 Å². The van der Waals surface area contributed by atoms with Crippen molar-refractivity contribution in [2.45, 2.75) is 39.5 Å². The molecule has 1 aromatic carbocycles. The Morgan fingerprint density at radius 3 is 2.35 bits per heavy atom. The number of unbranched alkanes of at least 4 members (excludes halogenated alkanes) is 1. The summed E-state index contributed by atoms with van der Waals surface area (Å²) in [6.07, 6.45) is 5.26. The molecule has 0 aliphatic carbocycles. The van der Waals surface area contributed by atoms with Crippen LogP contribution in [-0.4, -0.2) is 11.1 Å². The van der Waals surface area contributed by atoms with Gasteiger partial charge in [0.25, 0.3) is 0 Å². The van der Waals surface area contributed by atoms with E-state index in [1.54, 1.807) is 0 Å². The summed E-state index contributed by atoms with van der Waals surface area (Å²) in [6.45, 7) is 4.22. The first-order chi connectivity index (χ1) is 8.17. The lowest BCUT2D eigenvalue weighted by atomic mass is 9.98. The van der Waals surface area contributed by atoms with Crippen molar-refractivity contribution in [3.05, 3.63) is 41.5 Å². The van der Waals surface area contributed by atoms with E-state index >= 15 is 0 Å². The molecule has 0 amide bonds. The molecule has 0 unspecified atom stereocenters. The Kier molecular flexibility index (Phi) is 5.47. The molecule has 0 aromatic heterocycles. The van der Waals surface area contributed by atoms with Crippen molar-refractivity contribution in [3.63, 3.8) is 0 Å². The lowest BCUT2D eigenvalue weighted by Crippen LogP contribution is -1.93. The highest BCUT2D eigenvalue weighted by atomic mass is 16.4. The van der Waals surface area contributed by atoms with Crippen LogP contribution in [0.2, 0.25) is 0 Å². The van der Waals surface area contributed by atoms with Crippen molar-refractivity contribution >= 4 is 11.5 Å². The maximum Gasteiger partial charge on any atom is 0.328 e. The Bertz CT molecular complexity index is 388. The van der Waals surface area contributed by atoms with Crippen LogP contribution < -0.4 is 0 Å². The smallest absolute Gasteiger partial charge is 0.328 e. The molecule has 2 heteroatoms. The van der Waals surface area contributed by atoms with Gasteiger partial charge in [-0.25, -0.2) is 4.79 Å². The number of rotatable bonds is 6. The topological polar surface area (TPSA) is 37.3 Å². The first-order valence-corrected chi connectivity index (χ1v) is 6.20. The van der Waals surface area contributed by atoms with Crippen LogP contribution in [0.1, 0.15) is 44.2 Å². The third-order valence-electron chi connectivity index (χ3n) is 2.83. The number of aliphatic carboxylic acids is 1. The summed E-state index contributed by atoms with van der Waals surface area (Å²) >= 11 is 0. The predicted octanol–water partition coefficient (Wildman–Crippen LogP) is 3.91. The Morgan fingerprint density at radius 1 is 1.24 bits per heavy atom. The molecule has 0 radical (unpaired) electrons. The number of hydrogen-bond donors (Lipinski definition) is 1. The fourth-order valence-electron chi connectivity index (χ4n) is 1.77. The van der Waals surface area contributed by atoms with E-state index in [0.717, 1.165) is 36.8 Å². The maximum atomic E-state index is 10.8. The van der Waals surface area contributed by atoms with Crippen molar-refractivity contribution in [3.8, 4) is 0 Å². The van der Waals surface area contributed by atoms with E-state index in [0.29, 0.717) is 0 Å². The first kappa shape index (κ1) is 13.5. The third kappa shape index (κ3) is 4.43. The summed E-state index contributed by atoms with van der Waals surface area (Å²) in [7, 11) is 0. The fourth-order valence-corrected chi connectivity index (χ4v) is 1.77. The molecule has 17 heavy (non-hydrogen) atoms. The van der Waals surface area contributed by atoms with Crippen LogP contribution in [0.25, 0.3) is 5.57 Å². The van der Waals surface area contributed by atoms with E-state index in [-0.39, 0.29) is 0 Å². The molecule has 1 aromatic rings. The van der Waals surface area contributed by atoms with Gasteiger partial charge >= 0.3 is 5.97 Å². The van der Waals surface area contributed by atoms with Gasteiger partial charge in [-0.15, -0.1) is 0 Å². The van der Waals surface area contributed by atoms with Crippen LogP contribution in [0.15, 0.2) is 30.3 Å². The Labute approximate surface area is 103 Å². The summed E-state index contributed by atoms with van der Waals surface area (Å²) in [4.78, 5) is 10.8. The molecule has 2 nitrogen and oxygen atoms in total. The SMILES string of the molecule is CCCC/C(=C\C(=O)O)c1ccc(CC)cc1. The lowest BCUT2D eigenvalue weighted by molar-refractivity contribution is -0.131. The van der Waals surface area contributed by atoms with Crippen molar-refractivity contribution in [1.29, 1.82) is 0 Å². The second-order valence-electron chi connectivity index (χ2n) is 4.16. The number of carboxylic acid groups (broad SMARTS) is 1. The van der Waals surface area contributed by atoms with Crippen LogP contribution in [-0.2, 0) is 11.2 Å². The second-order valence-corrected chi connectivity index (χ2v) is 4.16. The van der Waals surface area contributed by atoms with Gasteiger partial charge in [0.05, 0.1) is 0 Å². The van der Waals surface area contributed by atoms with Crippen molar-refractivity contribution in [2.75, 3.05) is 0 Å². The zero-order valence-corrected chi connectivity index (χ0v) is 10.6. The van der Waals surface area contributed by atoms with Gasteiger partial charge in [0.15, 0.2) is 0 Å². The number of allylic oxidation sites excluding steroid dienone is 1. The van der Waals surface area contributed by atoms with Crippen molar-refractivity contribution in [1.82, 2.24) is 0 Å². The highest BCUT2D eigenvalue weighted by Crippen LogP contribution is 2.21. The first-order valence-electron chi connectivity index (χ1n) is 6.20. The van der Waals surface area contributed by atoms with Crippen molar-refractivity contribution in [2.24, 2.45) is 0 Å². The van der Waals surface area contributed by atoms with Crippen LogP contribution >= 0.6 is 0 Å². The minimum atomic E-state index is -0.865. The molecule has 0 saturated heterocycles. The Hall–Kier alpha value is -1.57. The number of benzene rings is 1. The molecular weight excluding hydrogens is 212 g/mol. The summed E-state index contributed by atoms with van der Waals surface area (Å²) in [6, 6.07) is 8.17. The molecular formula is C15H20O2. The fraction of sp³-hybridized carbons (Fsp3) is 0.400. The molecule has 0 heterocycles. The summed E-state index contributed by atoms with van der Waals surface area (Å²) in [5.74, 6) is -0.865. The van der Waals surface area contributed by atoms with Crippen LogP contribution in [0.3, 0.4) is 0 Å². The average molecular weight is 232 g/mol. The zero-order valence-electron chi connectivity index (χ0n) is 10.6. The summed E-state index contributed by atoms with van der Waals surface area (Å²) in [5.41, 5.74) is 3.22. The molecule has 0 aliphatic heterocycles. The minimum Gasteiger partial charge on any atom is -0.478 e. The van der Waals surface area contributed by atoms with Crippen LogP contribution in [0.5, 0.6) is 0 Å². The monoisotopic (exact) mass is 232 g/mol. The highest BCUT2D eigenvalue weighted by molar-refractivity contribution is 5.90. The van der Waals surface area contributed by atoms with Gasteiger partial charge in [0, 0.05) is 6.08 Å². The molecule has 0 saturated carbocycles. The second kappa shape index (κ2) is 6.89. The molecule has 0 atom stereocenters. The molecule has 1 N–H and O–H groups in total. The number of carboxylic acids is 1. The van der Waals surface area contributed by atoms with E-state index in [1.165, 1.54) is 11.6 Å².